The minimum Gasteiger partial charge on any atom is -0.410 e. The fourth-order valence-electron chi connectivity index (χ4n) is 1.37. The molecule has 17 heavy (non-hydrogen) atoms. The van der Waals surface area contributed by atoms with Crippen LogP contribution >= 0.6 is 0 Å². The summed E-state index contributed by atoms with van der Waals surface area (Å²) in [4.78, 5) is 13.4. The number of ether oxygens (including phenoxy) is 2. The third kappa shape index (κ3) is 4.87. The highest BCUT2D eigenvalue weighted by atomic mass is 16.6. The first-order valence-electron chi connectivity index (χ1n) is 5.78. The first kappa shape index (κ1) is 13.5. The SMILES string of the molecule is CCCCN(COC)C(=O)Oc1ccccc1. The van der Waals surface area contributed by atoms with E-state index < -0.39 is 0 Å². The van der Waals surface area contributed by atoms with Gasteiger partial charge in [-0.1, -0.05) is 31.5 Å². The number of nitrogens with zero attached hydrogens (tertiary/aromatic N) is 1. The number of benzene rings is 1. The molecule has 0 spiro atoms. The van der Waals surface area contributed by atoms with Crippen molar-refractivity contribution in [3.63, 3.8) is 0 Å². The molecular formula is C13H19NO3. The van der Waals surface area contributed by atoms with Gasteiger partial charge in [-0.05, 0) is 18.6 Å². The van der Waals surface area contributed by atoms with E-state index in [0.717, 1.165) is 12.8 Å². The van der Waals surface area contributed by atoms with Crippen molar-refractivity contribution in [3.8, 4) is 5.75 Å². The van der Waals surface area contributed by atoms with E-state index >= 15 is 0 Å². The second-order valence-electron chi connectivity index (χ2n) is 3.72. The quantitative estimate of drug-likeness (QED) is 0.714. The van der Waals surface area contributed by atoms with Gasteiger partial charge >= 0.3 is 6.09 Å². The Morgan fingerprint density at radius 3 is 2.59 bits per heavy atom. The molecule has 0 heterocycles. The van der Waals surface area contributed by atoms with Gasteiger partial charge in [-0.15, -0.1) is 0 Å². The van der Waals surface area contributed by atoms with E-state index in [1.165, 1.54) is 0 Å². The van der Waals surface area contributed by atoms with Crippen molar-refractivity contribution < 1.29 is 14.3 Å². The van der Waals surface area contributed by atoms with Gasteiger partial charge in [0, 0.05) is 13.7 Å². The number of para-hydroxylation sites is 1. The van der Waals surface area contributed by atoms with E-state index in [0.29, 0.717) is 12.3 Å². The molecule has 1 aromatic carbocycles. The average Bonchev–Trinajstić information content (AvgIpc) is 2.35. The van der Waals surface area contributed by atoms with Gasteiger partial charge in [0.15, 0.2) is 0 Å². The van der Waals surface area contributed by atoms with E-state index in [1.807, 2.05) is 18.2 Å². The summed E-state index contributed by atoms with van der Waals surface area (Å²) in [5.41, 5.74) is 0. The number of methoxy groups -OCH3 is 1. The Bertz CT molecular complexity index is 327. The van der Waals surface area contributed by atoms with E-state index in [9.17, 15) is 4.79 Å². The first-order chi connectivity index (χ1) is 8.27. The lowest BCUT2D eigenvalue weighted by atomic mass is 10.3. The van der Waals surface area contributed by atoms with Crippen LogP contribution in [0.5, 0.6) is 5.75 Å². The summed E-state index contributed by atoms with van der Waals surface area (Å²) < 4.78 is 10.2. The van der Waals surface area contributed by atoms with Gasteiger partial charge in [0.2, 0.25) is 0 Å². The minimum atomic E-state index is -0.369. The van der Waals surface area contributed by atoms with Gasteiger partial charge in [0.25, 0.3) is 0 Å². The van der Waals surface area contributed by atoms with E-state index in [4.69, 9.17) is 9.47 Å². The van der Waals surface area contributed by atoms with Crippen molar-refractivity contribution in [3.05, 3.63) is 30.3 Å². The van der Waals surface area contributed by atoms with Gasteiger partial charge in [0.1, 0.15) is 12.5 Å². The van der Waals surface area contributed by atoms with Crippen LogP contribution in [-0.2, 0) is 4.74 Å². The summed E-state index contributed by atoms with van der Waals surface area (Å²) in [6.45, 7) is 2.98. The van der Waals surface area contributed by atoms with Crippen molar-refractivity contribution >= 4 is 6.09 Å². The number of rotatable bonds is 6. The van der Waals surface area contributed by atoms with Gasteiger partial charge < -0.3 is 9.47 Å². The number of hydrogen-bond acceptors (Lipinski definition) is 3. The number of amides is 1. The molecule has 0 radical (unpaired) electrons. The first-order valence-corrected chi connectivity index (χ1v) is 5.78. The maximum Gasteiger partial charge on any atom is 0.417 e. The van der Waals surface area contributed by atoms with Crippen molar-refractivity contribution in [2.45, 2.75) is 19.8 Å². The molecule has 1 amide bonds. The largest absolute Gasteiger partial charge is 0.417 e. The Balaban J connectivity index is 2.52. The Morgan fingerprint density at radius 2 is 2.00 bits per heavy atom. The molecule has 0 atom stereocenters. The van der Waals surface area contributed by atoms with Crippen molar-refractivity contribution in [1.82, 2.24) is 4.90 Å². The van der Waals surface area contributed by atoms with Crippen molar-refractivity contribution in [2.75, 3.05) is 20.4 Å². The average molecular weight is 237 g/mol. The fourth-order valence-corrected chi connectivity index (χ4v) is 1.37. The molecule has 4 nitrogen and oxygen atoms in total. The summed E-state index contributed by atoms with van der Waals surface area (Å²) in [5.74, 6) is 0.551. The van der Waals surface area contributed by atoms with Crippen molar-refractivity contribution in [2.24, 2.45) is 0 Å². The number of carbonyl (C=O) groups is 1. The predicted molar refractivity (Wildman–Crippen MR) is 66.0 cm³/mol. The topological polar surface area (TPSA) is 38.8 Å². The molecule has 0 aliphatic carbocycles. The molecule has 0 fully saturated rings. The van der Waals surface area contributed by atoms with Gasteiger partial charge in [-0.3, -0.25) is 4.90 Å². The Labute approximate surface area is 102 Å². The van der Waals surface area contributed by atoms with Crippen LogP contribution in [0.2, 0.25) is 0 Å². The zero-order valence-electron chi connectivity index (χ0n) is 10.4. The highest BCUT2D eigenvalue weighted by Gasteiger charge is 2.14. The Hall–Kier alpha value is -1.55. The highest BCUT2D eigenvalue weighted by Crippen LogP contribution is 2.10. The van der Waals surface area contributed by atoms with Crippen LogP contribution in [0, 0.1) is 0 Å². The van der Waals surface area contributed by atoms with Crippen LogP contribution in [-0.4, -0.2) is 31.4 Å². The second kappa shape index (κ2) is 7.68. The lowest BCUT2D eigenvalue weighted by Gasteiger charge is -2.20. The summed E-state index contributed by atoms with van der Waals surface area (Å²) in [7, 11) is 1.56. The summed E-state index contributed by atoms with van der Waals surface area (Å²) >= 11 is 0. The molecule has 1 aromatic rings. The molecule has 0 N–H and O–H groups in total. The third-order valence-electron chi connectivity index (χ3n) is 2.27. The maximum atomic E-state index is 11.8. The second-order valence-corrected chi connectivity index (χ2v) is 3.72. The highest BCUT2D eigenvalue weighted by molar-refractivity contribution is 5.70. The van der Waals surface area contributed by atoms with Crippen LogP contribution in [0.25, 0.3) is 0 Å². The third-order valence-corrected chi connectivity index (χ3v) is 2.27. The molecular weight excluding hydrogens is 218 g/mol. The van der Waals surface area contributed by atoms with Crippen LogP contribution < -0.4 is 4.74 Å². The Morgan fingerprint density at radius 1 is 1.29 bits per heavy atom. The van der Waals surface area contributed by atoms with Gasteiger partial charge in [-0.25, -0.2) is 4.79 Å². The molecule has 0 saturated heterocycles. The lowest BCUT2D eigenvalue weighted by Crippen LogP contribution is -2.35. The van der Waals surface area contributed by atoms with E-state index in [2.05, 4.69) is 6.92 Å². The monoisotopic (exact) mass is 237 g/mol. The normalized spacial score (nSPS) is 10.0. The van der Waals surface area contributed by atoms with E-state index in [1.54, 1.807) is 24.1 Å². The predicted octanol–water partition coefficient (Wildman–Crippen LogP) is 2.89. The Kier molecular flexibility index (Phi) is 6.10. The molecule has 94 valence electrons. The zero-order chi connectivity index (χ0) is 12.5. The molecule has 0 aromatic heterocycles. The molecule has 4 heteroatoms. The molecule has 0 saturated carbocycles. The molecule has 0 aliphatic heterocycles. The molecule has 0 bridgehead atoms. The fraction of sp³-hybridized carbons (Fsp3) is 0.462. The number of carbonyl (C=O) groups excluding carboxylic acids is 1. The smallest absolute Gasteiger partial charge is 0.410 e. The summed E-state index contributed by atoms with van der Waals surface area (Å²) in [6, 6.07) is 9.04. The van der Waals surface area contributed by atoms with Crippen LogP contribution in [0.3, 0.4) is 0 Å². The van der Waals surface area contributed by atoms with Gasteiger partial charge in [-0.2, -0.15) is 0 Å². The van der Waals surface area contributed by atoms with Gasteiger partial charge in [0.05, 0.1) is 0 Å². The van der Waals surface area contributed by atoms with E-state index in [-0.39, 0.29) is 12.8 Å². The summed E-state index contributed by atoms with van der Waals surface area (Å²) in [6.07, 6.45) is 1.60. The molecule has 0 unspecified atom stereocenters. The molecule has 0 aliphatic rings. The lowest BCUT2D eigenvalue weighted by molar-refractivity contribution is 0.0628. The minimum absolute atomic E-state index is 0.256. The van der Waals surface area contributed by atoms with Crippen molar-refractivity contribution in [1.29, 1.82) is 0 Å². The summed E-state index contributed by atoms with van der Waals surface area (Å²) in [5, 5.41) is 0. The standard InChI is InChI=1S/C13H19NO3/c1-3-4-10-14(11-16-2)13(15)17-12-8-6-5-7-9-12/h5-9H,3-4,10-11H2,1-2H3. The van der Waals surface area contributed by atoms with Crippen LogP contribution in [0.4, 0.5) is 4.79 Å². The number of unbranched alkanes of at least 4 members (excludes halogenated alkanes) is 1. The molecule has 1 rings (SSSR count). The zero-order valence-corrected chi connectivity index (χ0v) is 10.4. The number of hydrogen-bond donors (Lipinski definition) is 0. The maximum absolute atomic E-state index is 11.8. The van der Waals surface area contributed by atoms with Crippen LogP contribution in [0.1, 0.15) is 19.8 Å². The van der Waals surface area contributed by atoms with Crippen LogP contribution in [0.15, 0.2) is 30.3 Å².